The lowest BCUT2D eigenvalue weighted by Crippen LogP contribution is -2.47. The number of nitrogens with one attached hydrogen (secondary N) is 1. The Bertz CT molecular complexity index is 1050. The van der Waals surface area contributed by atoms with E-state index in [-0.39, 0.29) is 12.4 Å². The fourth-order valence-corrected chi connectivity index (χ4v) is 3.84. The summed E-state index contributed by atoms with van der Waals surface area (Å²) in [6.45, 7) is 10.4. The second-order valence-corrected chi connectivity index (χ2v) is 8.84. The van der Waals surface area contributed by atoms with Crippen LogP contribution in [-0.2, 0) is 0 Å². The van der Waals surface area contributed by atoms with Crippen molar-refractivity contribution in [1.29, 1.82) is 0 Å². The summed E-state index contributed by atoms with van der Waals surface area (Å²) in [5, 5.41) is 9.13. The average Bonchev–Trinajstić information content (AvgIpc) is 3.16. The summed E-state index contributed by atoms with van der Waals surface area (Å²) in [4.78, 5) is 29.8. The molecule has 3 aromatic rings. The molecule has 0 bridgehead atoms. The molecule has 0 aliphatic carbocycles. The highest BCUT2D eigenvalue weighted by Gasteiger charge is 2.26. The van der Waals surface area contributed by atoms with Crippen LogP contribution in [-0.4, -0.2) is 70.1 Å². The van der Waals surface area contributed by atoms with Gasteiger partial charge in [0.1, 0.15) is 5.52 Å². The molecule has 0 radical (unpaired) electrons. The number of aliphatic hydroxyl groups is 1. The van der Waals surface area contributed by atoms with E-state index in [2.05, 4.69) is 31.9 Å². The molecule has 0 saturated carbocycles. The molecule has 0 spiro atoms. The Balaban J connectivity index is 1.62. The van der Waals surface area contributed by atoms with Crippen LogP contribution in [0.5, 0.6) is 0 Å². The molecule has 0 amide bonds. The van der Waals surface area contributed by atoms with Gasteiger partial charge in [-0.25, -0.2) is 9.97 Å². The molecule has 1 aromatic carbocycles. The Morgan fingerprint density at radius 1 is 1.20 bits per heavy atom. The maximum atomic E-state index is 12.8. The van der Waals surface area contributed by atoms with Gasteiger partial charge in [-0.05, 0) is 12.1 Å². The number of anilines is 1. The van der Waals surface area contributed by atoms with E-state index in [0.29, 0.717) is 16.7 Å². The number of fused-ring (bicyclic) bond motifs is 1. The van der Waals surface area contributed by atoms with Gasteiger partial charge in [-0.3, -0.25) is 9.69 Å². The number of aromatic nitrogens is 3. The van der Waals surface area contributed by atoms with Crippen LogP contribution in [0.15, 0.2) is 36.7 Å². The zero-order valence-corrected chi connectivity index (χ0v) is 17.9. The van der Waals surface area contributed by atoms with Crippen molar-refractivity contribution in [3.05, 3.63) is 42.2 Å². The third-order valence-electron chi connectivity index (χ3n) is 5.60. The summed E-state index contributed by atoms with van der Waals surface area (Å²) >= 11 is 0. The Labute approximate surface area is 176 Å². The molecule has 2 N–H and O–H groups in total. The first kappa shape index (κ1) is 20.5. The first-order valence-electron chi connectivity index (χ1n) is 10.4. The van der Waals surface area contributed by atoms with Gasteiger partial charge < -0.3 is 15.0 Å². The van der Waals surface area contributed by atoms with Gasteiger partial charge in [0.25, 0.3) is 0 Å². The first-order chi connectivity index (χ1) is 14.4. The third kappa shape index (κ3) is 4.08. The number of hydrogen-bond donors (Lipinski definition) is 2. The fourth-order valence-electron chi connectivity index (χ4n) is 3.84. The summed E-state index contributed by atoms with van der Waals surface area (Å²) in [6, 6.07) is 8.31. The standard InChI is InChI=1S/C23H29N5O2/c1-23(2,3)21(30)18-14-24-22-20(18)26-19(15-25-22)16-5-4-6-17(13-16)28-9-7-27(8-10-28)11-12-29/h4-6,13-15,29H,7-12H2,1-3H3,(H,24,25). The smallest absolute Gasteiger partial charge is 0.171 e. The van der Waals surface area contributed by atoms with Crippen LogP contribution in [0.4, 0.5) is 5.69 Å². The molecule has 2 aromatic heterocycles. The summed E-state index contributed by atoms with van der Waals surface area (Å²) in [7, 11) is 0. The lowest BCUT2D eigenvalue weighted by atomic mass is 9.87. The van der Waals surface area contributed by atoms with Crippen molar-refractivity contribution in [2.75, 3.05) is 44.2 Å². The number of hydrogen-bond acceptors (Lipinski definition) is 6. The summed E-state index contributed by atoms with van der Waals surface area (Å²) in [5.74, 6) is 0.0506. The number of carbonyl (C=O) groups is 1. The largest absolute Gasteiger partial charge is 0.395 e. The van der Waals surface area contributed by atoms with Gasteiger partial charge in [-0.1, -0.05) is 32.9 Å². The molecule has 4 rings (SSSR count). The molecule has 7 nitrogen and oxygen atoms in total. The number of Topliss-reactive ketones (excluding diaryl/α,β-unsaturated/α-hetero) is 1. The Morgan fingerprint density at radius 2 is 1.97 bits per heavy atom. The van der Waals surface area contributed by atoms with E-state index in [4.69, 9.17) is 10.1 Å². The number of ketones is 1. The van der Waals surface area contributed by atoms with Crippen LogP contribution in [0, 0.1) is 5.41 Å². The van der Waals surface area contributed by atoms with Crippen molar-refractivity contribution in [3.63, 3.8) is 0 Å². The van der Waals surface area contributed by atoms with Gasteiger partial charge >= 0.3 is 0 Å². The maximum Gasteiger partial charge on any atom is 0.171 e. The minimum Gasteiger partial charge on any atom is -0.395 e. The van der Waals surface area contributed by atoms with E-state index in [1.54, 1.807) is 12.4 Å². The number of carbonyl (C=O) groups excluding carboxylic acids is 1. The molecule has 158 valence electrons. The van der Waals surface area contributed by atoms with Crippen LogP contribution in [0.25, 0.3) is 22.4 Å². The second-order valence-electron chi connectivity index (χ2n) is 8.84. The fraction of sp³-hybridized carbons (Fsp3) is 0.435. The Kier molecular flexibility index (Phi) is 5.58. The van der Waals surface area contributed by atoms with E-state index in [1.807, 2.05) is 32.9 Å². The van der Waals surface area contributed by atoms with Crippen molar-refractivity contribution in [2.24, 2.45) is 5.41 Å². The highest BCUT2D eigenvalue weighted by Crippen LogP contribution is 2.28. The number of β-amino-alcohol motifs (C(OH)–C–C–N with tert-alkyl or cyclic N) is 1. The van der Waals surface area contributed by atoms with Gasteiger partial charge in [0.15, 0.2) is 11.4 Å². The molecule has 0 atom stereocenters. The van der Waals surface area contributed by atoms with Crippen LogP contribution in [0.3, 0.4) is 0 Å². The lowest BCUT2D eigenvalue weighted by molar-refractivity contribution is 0.0860. The maximum absolute atomic E-state index is 12.8. The molecule has 0 unspecified atom stereocenters. The molecular weight excluding hydrogens is 378 g/mol. The molecule has 1 fully saturated rings. The minimum atomic E-state index is -0.481. The molecule has 30 heavy (non-hydrogen) atoms. The first-order valence-corrected chi connectivity index (χ1v) is 10.4. The Hall–Kier alpha value is -2.77. The minimum absolute atomic E-state index is 0.0506. The number of H-pyrrole nitrogens is 1. The predicted octanol–water partition coefficient (Wildman–Crippen LogP) is 2.97. The van der Waals surface area contributed by atoms with E-state index in [9.17, 15) is 4.79 Å². The van der Waals surface area contributed by atoms with Gasteiger partial charge in [-0.15, -0.1) is 0 Å². The topological polar surface area (TPSA) is 85.4 Å². The number of nitrogens with zero attached hydrogens (tertiary/aromatic N) is 4. The van der Waals surface area contributed by atoms with Gasteiger partial charge in [0.2, 0.25) is 0 Å². The summed E-state index contributed by atoms with van der Waals surface area (Å²) in [6.07, 6.45) is 3.47. The highest BCUT2D eigenvalue weighted by atomic mass is 16.3. The van der Waals surface area contributed by atoms with Crippen molar-refractivity contribution >= 4 is 22.6 Å². The van der Waals surface area contributed by atoms with E-state index < -0.39 is 5.41 Å². The number of aromatic amines is 1. The zero-order valence-electron chi connectivity index (χ0n) is 17.9. The zero-order chi connectivity index (χ0) is 21.3. The van der Waals surface area contributed by atoms with Crippen LogP contribution in [0.1, 0.15) is 31.1 Å². The SMILES string of the molecule is CC(C)(C)C(=O)c1c[nH]c2ncc(-c3cccc(N4CCN(CCO)CC4)c3)nc12. The Morgan fingerprint density at radius 3 is 2.67 bits per heavy atom. The van der Waals surface area contributed by atoms with Gasteiger partial charge in [0, 0.05) is 55.6 Å². The van der Waals surface area contributed by atoms with Crippen LogP contribution >= 0.6 is 0 Å². The van der Waals surface area contributed by atoms with Crippen molar-refractivity contribution < 1.29 is 9.90 Å². The molecule has 1 saturated heterocycles. The number of piperazine rings is 1. The second kappa shape index (κ2) is 8.16. The molecule has 7 heteroatoms. The summed E-state index contributed by atoms with van der Waals surface area (Å²) in [5.41, 5.74) is 4.24. The van der Waals surface area contributed by atoms with E-state index in [1.165, 1.54) is 0 Å². The predicted molar refractivity (Wildman–Crippen MR) is 119 cm³/mol. The number of benzene rings is 1. The number of aliphatic hydroxyl groups excluding tert-OH is 1. The number of rotatable bonds is 5. The lowest BCUT2D eigenvalue weighted by Gasteiger charge is -2.35. The summed E-state index contributed by atoms with van der Waals surface area (Å²) < 4.78 is 0. The van der Waals surface area contributed by atoms with Crippen LogP contribution < -0.4 is 4.90 Å². The van der Waals surface area contributed by atoms with Gasteiger partial charge in [0.05, 0.1) is 24.1 Å². The van der Waals surface area contributed by atoms with Crippen LogP contribution in [0.2, 0.25) is 0 Å². The molecular formula is C23H29N5O2. The van der Waals surface area contributed by atoms with Crippen molar-refractivity contribution in [1.82, 2.24) is 19.9 Å². The van der Waals surface area contributed by atoms with Gasteiger partial charge in [-0.2, -0.15) is 0 Å². The quantitative estimate of drug-likeness (QED) is 0.633. The van der Waals surface area contributed by atoms with E-state index >= 15 is 0 Å². The third-order valence-corrected chi connectivity index (χ3v) is 5.60. The monoisotopic (exact) mass is 407 g/mol. The highest BCUT2D eigenvalue weighted by molar-refractivity contribution is 6.08. The van der Waals surface area contributed by atoms with Crippen molar-refractivity contribution in [2.45, 2.75) is 20.8 Å². The van der Waals surface area contributed by atoms with Crippen molar-refractivity contribution in [3.8, 4) is 11.3 Å². The average molecular weight is 408 g/mol. The molecule has 3 heterocycles. The normalized spacial score (nSPS) is 15.7. The van der Waals surface area contributed by atoms with E-state index in [0.717, 1.165) is 49.7 Å². The molecule has 1 aliphatic heterocycles. The molecule has 1 aliphatic rings.